The van der Waals surface area contributed by atoms with E-state index in [1.165, 1.54) is 13.2 Å². The van der Waals surface area contributed by atoms with Crippen molar-refractivity contribution < 1.29 is 9.13 Å². The highest BCUT2D eigenvalue weighted by atomic mass is 35.5. The summed E-state index contributed by atoms with van der Waals surface area (Å²) in [6.07, 6.45) is 0. The van der Waals surface area contributed by atoms with Gasteiger partial charge in [-0.05, 0) is 12.0 Å². The summed E-state index contributed by atoms with van der Waals surface area (Å²) in [6.45, 7) is 5.27. The van der Waals surface area contributed by atoms with Crippen LogP contribution in [0.5, 0.6) is 5.75 Å². The fourth-order valence-electron chi connectivity index (χ4n) is 1.38. The molecule has 1 unspecified atom stereocenters. The third-order valence-electron chi connectivity index (χ3n) is 2.64. The van der Waals surface area contributed by atoms with Gasteiger partial charge in [-0.2, -0.15) is 0 Å². The van der Waals surface area contributed by atoms with Gasteiger partial charge in [0.25, 0.3) is 0 Å². The molecule has 1 aromatic carbocycles. The third-order valence-corrected chi connectivity index (χ3v) is 3.30. The van der Waals surface area contributed by atoms with E-state index in [0.717, 1.165) is 0 Å². The molecule has 0 heterocycles. The van der Waals surface area contributed by atoms with Crippen molar-refractivity contribution in [1.29, 1.82) is 0 Å². The molecule has 0 fully saturated rings. The van der Waals surface area contributed by atoms with Crippen molar-refractivity contribution in [2.75, 3.05) is 13.7 Å². The number of hydrogen-bond acceptors (Lipinski definition) is 2. The van der Waals surface area contributed by atoms with Crippen molar-refractivity contribution in [3.05, 3.63) is 29.6 Å². The lowest BCUT2D eigenvalue weighted by atomic mass is 10.1. The highest BCUT2D eigenvalue weighted by Gasteiger charge is 2.09. The lowest BCUT2D eigenvalue weighted by molar-refractivity contribution is 0.410. The number of ether oxygens (including phenoxy) is 1. The Morgan fingerprint density at radius 1 is 1.41 bits per heavy atom. The molecule has 0 bridgehead atoms. The van der Waals surface area contributed by atoms with Crippen LogP contribution in [0.3, 0.4) is 0 Å². The number of hydrogen-bond donors (Lipinski definition) is 1. The highest BCUT2D eigenvalue weighted by Crippen LogP contribution is 2.16. The first kappa shape index (κ1) is 14.3. The minimum absolute atomic E-state index is 0.0660. The van der Waals surface area contributed by atoms with Gasteiger partial charge in [-0.1, -0.05) is 19.9 Å². The zero-order valence-corrected chi connectivity index (χ0v) is 11.2. The predicted molar refractivity (Wildman–Crippen MR) is 69.1 cm³/mol. The normalized spacial score (nSPS) is 12.8. The van der Waals surface area contributed by atoms with E-state index < -0.39 is 0 Å². The maximum atomic E-state index is 13.6. The number of benzene rings is 1. The van der Waals surface area contributed by atoms with Crippen molar-refractivity contribution in [1.82, 2.24) is 5.32 Å². The molecule has 0 spiro atoms. The SMILES string of the molecule is COc1ccc(CNCC(Cl)C(C)C)c(F)c1. The minimum atomic E-state index is -0.257. The maximum absolute atomic E-state index is 13.6. The first-order valence-electron chi connectivity index (χ1n) is 5.71. The van der Waals surface area contributed by atoms with Crippen LogP contribution in [0.4, 0.5) is 4.39 Å². The molecule has 4 heteroatoms. The summed E-state index contributed by atoms with van der Waals surface area (Å²) in [4.78, 5) is 0. The van der Waals surface area contributed by atoms with Crippen LogP contribution in [0.25, 0.3) is 0 Å². The standard InChI is InChI=1S/C13H19ClFNO/c1-9(2)12(14)8-16-7-10-4-5-11(17-3)6-13(10)15/h4-6,9,12,16H,7-8H2,1-3H3. The minimum Gasteiger partial charge on any atom is -0.497 e. The van der Waals surface area contributed by atoms with E-state index in [1.807, 2.05) is 0 Å². The maximum Gasteiger partial charge on any atom is 0.131 e. The Kier molecular flexibility index (Phi) is 5.72. The van der Waals surface area contributed by atoms with E-state index in [4.69, 9.17) is 16.3 Å². The molecule has 0 saturated heterocycles. The second kappa shape index (κ2) is 6.82. The zero-order chi connectivity index (χ0) is 12.8. The molecule has 1 N–H and O–H groups in total. The highest BCUT2D eigenvalue weighted by molar-refractivity contribution is 6.20. The van der Waals surface area contributed by atoms with E-state index in [2.05, 4.69) is 19.2 Å². The molecule has 96 valence electrons. The van der Waals surface area contributed by atoms with Crippen LogP contribution in [0.15, 0.2) is 18.2 Å². The molecule has 0 aliphatic carbocycles. The fourth-order valence-corrected chi connectivity index (χ4v) is 1.49. The van der Waals surface area contributed by atoms with Crippen molar-refractivity contribution in [2.24, 2.45) is 5.92 Å². The number of rotatable bonds is 6. The summed E-state index contributed by atoms with van der Waals surface area (Å²) in [7, 11) is 1.52. The summed E-state index contributed by atoms with van der Waals surface area (Å²) >= 11 is 6.09. The largest absolute Gasteiger partial charge is 0.497 e. The zero-order valence-electron chi connectivity index (χ0n) is 10.5. The molecule has 1 aromatic rings. The molecule has 0 aliphatic rings. The number of alkyl halides is 1. The van der Waals surface area contributed by atoms with Crippen LogP contribution in [0.1, 0.15) is 19.4 Å². The molecule has 0 radical (unpaired) electrons. The summed E-state index contributed by atoms with van der Waals surface area (Å²) in [5, 5.41) is 3.21. The Bertz CT molecular complexity index is 357. The van der Waals surface area contributed by atoms with Crippen molar-refractivity contribution in [3.63, 3.8) is 0 Å². The second-order valence-corrected chi connectivity index (χ2v) is 4.91. The third kappa shape index (κ3) is 4.52. The first-order valence-corrected chi connectivity index (χ1v) is 6.15. The van der Waals surface area contributed by atoms with Crippen LogP contribution >= 0.6 is 11.6 Å². The van der Waals surface area contributed by atoms with E-state index in [-0.39, 0.29) is 11.2 Å². The Hall–Kier alpha value is -0.800. The summed E-state index contributed by atoms with van der Waals surface area (Å²) in [5.41, 5.74) is 0.624. The molecule has 0 aromatic heterocycles. The van der Waals surface area contributed by atoms with Gasteiger partial charge in [-0.25, -0.2) is 4.39 Å². The lowest BCUT2D eigenvalue weighted by Crippen LogP contribution is -2.26. The van der Waals surface area contributed by atoms with Gasteiger partial charge in [0.1, 0.15) is 11.6 Å². The fraction of sp³-hybridized carbons (Fsp3) is 0.538. The Morgan fingerprint density at radius 3 is 2.65 bits per heavy atom. The van der Waals surface area contributed by atoms with E-state index >= 15 is 0 Å². The first-order chi connectivity index (χ1) is 8.04. The molecule has 1 atom stereocenters. The van der Waals surface area contributed by atoms with Gasteiger partial charge in [0.2, 0.25) is 0 Å². The van der Waals surface area contributed by atoms with Gasteiger partial charge in [-0.3, -0.25) is 0 Å². The Balaban J connectivity index is 2.47. The molecule has 0 aliphatic heterocycles. The molecule has 1 rings (SSSR count). The second-order valence-electron chi connectivity index (χ2n) is 4.35. The molecule has 2 nitrogen and oxygen atoms in total. The smallest absolute Gasteiger partial charge is 0.131 e. The van der Waals surface area contributed by atoms with Gasteiger partial charge in [-0.15, -0.1) is 11.6 Å². The predicted octanol–water partition coefficient (Wildman–Crippen LogP) is 3.19. The van der Waals surface area contributed by atoms with Crippen LogP contribution in [-0.2, 0) is 6.54 Å². The Morgan fingerprint density at radius 2 is 2.12 bits per heavy atom. The molecular formula is C13H19ClFNO. The van der Waals surface area contributed by atoms with Crippen LogP contribution in [0.2, 0.25) is 0 Å². The summed E-state index contributed by atoms with van der Waals surface area (Å²) < 4.78 is 18.5. The number of methoxy groups -OCH3 is 1. The van der Waals surface area contributed by atoms with Crippen molar-refractivity contribution in [2.45, 2.75) is 25.8 Å². The van der Waals surface area contributed by atoms with E-state index in [0.29, 0.717) is 30.3 Å². The molecular weight excluding hydrogens is 241 g/mol. The van der Waals surface area contributed by atoms with Crippen LogP contribution in [-0.4, -0.2) is 19.0 Å². The topological polar surface area (TPSA) is 21.3 Å². The summed E-state index contributed by atoms with van der Waals surface area (Å²) in [6, 6.07) is 4.86. The van der Waals surface area contributed by atoms with Gasteiger partial charge < -0.3 is 10.1 Å². The summed E-state index contributed by atoms with van der Waals surface area (Å²) in [5.74, 6) is 0.682. The van der Waals surface area contributed by atoms with Gasteiger partial charge >= 0.3 is 0 Å². The monoisotopic (exact) mass is 259 g/mol. The number of nitrogens with one attached hydrogen (secondary N) is 1. The molecule has 0 amide bonds. The average molecular weight is 260 g/mol. The van der Waals surface area contributed by atoms with E-state index in [9.17, 15) is 4.39 Å². The quantitative estimate of drug-likeness (QED) is 0.793. The van der Waals surface area contributed by atoms with Crippen LogP contribution < -0.4 is 10.1 Å². The van der Waals surface area contributed by atoms with Gasteiger partial charge in [0.15, 0.2) is 0 Å². The van der Waals surface area contributed by atoms with Gasteiger partial charge in [0.05, 0.1) is 7.11 Å². The van der Waals surface area contributed by atoms with E-state index in [1.54, 1.807) is 12.1 Å². The number of halogens is 2. The van der Waals surface area contributed by atoms with Crippen molar-refractivity contribution in [3.8, 4) is 5.75 Å². The average Bonchev–Trinajstić information content (AvgIpc) is 2.30. The van der Waals surface area contributed by atoms with Crippen molar-refractivity contribution >= 4 is 11.6 Å². The molecule has 17 heavy (non-hydrogen) atoms. The molecule has 0 saturated carbocycles. The Labute approximate surface area is 107 Å². The van der Waals surface area contributed by atoms with Gasteiger partial charge in [0, 0.05) is 30.1 Å². The van der Waals surface area contributed by atoms with Crippen LogP contribution in [0, 0.1) is 11.7 Å². The lowest BCUT2D eigenvalue weighted by Gasteiger charge is -2.14.